The van der Waals surface area contributed by atoms with E-state index in [9.17, 15) is 9.59 Å². The predicted octanol–water partition coefficient (Wildman–Crippen LogP) is 3.33. The fraction of sp³-hybridized carbons (Fsp3) is 0.389. The number of hydrogen-bond acceptors (Lipinski definition) is 5. The monoisotopic (exact) mass is 360 g/mol. The highest BCUT2D eigenvalue weighted by molar-refractivity contribution is 7.13. The van der Waals surface area contributed by atoms with Gasteiger partial charge in [-0.15, -0.1) is 11.3 Å². The Bertz CT molecular complexity index is 726. The van der Waals surface area contributed by atoms with Crippen LogP contribution in [0.1, 0.15) is 58.1 Å². The molecule has 132 valence electrons. The molecule has 0 radical (unpaired) electrons. The number of aromatic nitrogens is 1. The van der Waals surface area contributed by atoms with Gasteiger partial charge in [0.1, 0.15) is 16.0 Å². The lowest BCUT2D eigenvalue weighted by Gasteiger charge is -2.18. The van der Waals surface area contributed by atoms with Gasteiger partial charge in [0.15, 0.2) is 0 Å². The lowest BCUT2D eigenvalue weighted by Crippen LogP contribution is -2.28. The van der Waals surface area contributed by atoms with Crippen LogP contribution in [0.2, 0.25) is 0 Å². The van der Waals surface area contributed by atoms with Crippen LogP contribution < -0.4 is 5.32 Å². The van der Waals surface area contributed by atoms with Crippen LogP contribution in [0.5, 0.6) is 0 Å². The summed E-state index contributed by atoms with van der Waals surface area (Å²) in [5.41, 5.74) is 0.890. The SMILES string of the molecule is O=C(O)CCC(NC(=O)c1cnc(C2CCCO2)s1)c1ccccc1. The van der Waals surface area contributed by atoms with E-state index < -0.39 is 5.97 Å². The molecule has 1 fully saturated rings. The summed E-state index contributed by atoms with van der Waals surface area (Å²) in [5.74, 6) is -1.12. The Morgan fingerprint density at radius 2 is 2.16 bits per heavy atom. The molecule has 2 atom stereocenters. The number of ether oxygens (including phenoxy) is 1. The van der Waals surface area contributed by atoms with E-state index in [1.54, 1.807) is 6.20 Å². The Hall–Kier alpha value is -2.25. The summed E-state index contributed by atoms with van der Waals surface area (Å²) < 4.78 is 5.60. The molecular formula is C18H20N2O4S. The molecule has 2 unspecified atom stereocenters. The zero-order chi connectivity index (χ0) is 17.6. The first-order chi connectivity index (χ1) is 12.1. The van der Waals surface area contributed by atoms with Crippen molar-refractivity contribution in [3.05, 3.63) is 52.0 Å². The van der Waals surface area contributed by atoms with Gasteiger partial charge in [0.05, 0.1) is 12.2 Å². The van der Waals surface area contributed by atoms with E-state index in [1.807, 2.05) is 30.3 Å². The largest absolute Gasteiger partial charge is 0.481 e. The number of carboxylic acids is 1. The van der Waals surface area contributed by atoms with Crippen molar-refractivity contribution in [1.82, 2.24) is 10.3 Å². The summed E-state index contributed by atoms with van der Waals surface area (Å²) in [4.78, 5) is 28.3. The number of nitrogens with zero attached hydrogens (tertiary/aromatic N) is 1. The number of thiazole rings is 1. The molecule has 2 heterocycles. The van der Waals surface area contributed by atoms with E-state index in [-0.39, 0.29) is 24.5 Å². The molecule has 0 bridgehead atoms. The summed E-state index contributed by atoms with van der Waals surface area (Å²) in [5, 5.41) is 12.7. The highest BCUT2D eigenvalue weighted by Gasteiger charge is 2.23. The highest BCUT2D eigenvalue weighted by Crippen LogP contribution is 2.31. The van der Waals surface area contributed by atoms with Crippen LogP contribution in [0, 0.1) is 0 Å². The molecule has 6 nitrogen and oxygen atoms in total. The predicted molar refractivity (Wildman–Crippen MR) is 93.6 cm³/mol. The van der Waals surface area contributed by atoms with Crippen LogP contribution in [0.4, 0.5) is 0 Å². The number of rotatable bonds is 7. The maximum absolute atomic E-state index is 12.6. The van der Waals surface area contributed by atoms with Crippen molar-refractivity contribution in [3.8, 4) is 0 Å². The van der Waals surface area contributed by atoms with Crippen LogP contribution in [0.3, 0.4) is 0 Å². The maximum atomic E-state index is 12.6. The zero-order valence-corrected chi connectivity index (χ0v) is 14.5. The second-order valence-corrected chi connectivity index (χ2v) is 7.00. The van der Waals surface area contributed by atoms with Crippen molar-refractivity contribution in [1.29, 1.82) is 0 Å². The first-order valence-corrected chi connectivity index (χ1v) is 9.10. The third-order valence-corrected chi connectivity index (χ3v) is 5.19. The van der Waals surface area contributed by atoms with Crippen molar-refractivity contribution in [3.63, 3.8) is 0 Å². The molecule has 2 N–H and O–H groups in total. The van der Waals surface area contributed by atoms with Gasteiger partial charge in [0, 0.05) is 13.0 Å². The molecular weight excluding hydrogens is 340 g/mol. The molecule has 2 aromatic rings. The number of nitrogens with one attached hydrogen (secondary N) is 1. The van der Waals surface area contributed by atoms with Crippen LogP contribution in [-0.2, 0) is 9.53 Å². The number of carbonyl (C=O) groups is 2. The van der Waals surface area contributed by atoms with Crippen LogP contribution in [0.25, 0.3) is 0 Å². The number of carbonyl (C=O) groups excluding carboxylic acids is 1. The fourth-order valence-corrected chi connectivity index (χ4v) is 3.72. The Kier molecular flexibility index (Phi) is 5.78. The minimum Gasteiger partial charge on any atom is -0.481 e. The van der Waals surface area contributed by atoms with E-state index in [1.165, 1.54) is 11.3 Å². The maximum Gasteiger partial charge on any atom is 0.303 e. The molecule has 1 amide bonds. The Morgan fingerprint density at radius 1 is 1.36 bits per heavy atom. The van der Waals surface area contributed by atoms with Gasteiger partial charge in [0.2, 0.25) is 0 Å². The minimum absolute atomic E-state index is 0.0102. The first-order valence-electron chi connectivity index (χ1n) is 8.28. The highest BCUT2D eigenvalue weighted by atomic mass is 32.1. The zero-order valence-electron chi connectivity index (χ0n) is 13.7. The third-order valence-electron chi connectivity index (χ3n) is 4.11. The van der Waals surface area contributed by atoms with Gasteiger partial charge in [0.25, 0.3) is 5.91 Å². The van der Waals surface area contributed by atoms with Crippen molar-refractivity contribution in [2.45, 2.75) is 37.8 Å². The van der Waals surface area contributed by atoms with E-state index in [4.69, 9.17) is 9.84 Å². The average molecular weight is 360 g/mol. The number of carboxylic acid groups (broad SMARTS) is 1. The quantitative estimate of drug-likeness (QED) is 0.791. The molecule has 0 spiro atoms. The van der Waals surface area contributed by atoms with E-state index >= 15 is 0 Å². The number of hydrogen-bond donors (Lipinski definition) is 2. The van der Waals surface area contributed by atoms with Gasteiger partial charge in [-0.2, -0.15) is 0 Å². The molecule has 25 heavy (non-hydrogen) atoms. The average Bonchev–Trinajstić information content (AvgIpc) is 3.29. The van der Waals surface area contributed by atoms with Gasteiger partial charge in [-0.3, -0.25) is 9.59 Å². The Morgan fingerprint density at radius 3 is 2.84 bits per heavy atom. The molecule has 7 heteroatoms. The molecule has 0 aliphatic carbocycles. The lowest BCUT2D eigenvalue weighted by molar-refractivity contribution is -0.137. The molecule has 1 aromatic heterocycles. The van der Waals surface area contributed by atoms with Gasteiger partial charge < -0.3 is 15.2 Å². The standard InChI is InChI=1S/C18H20N2O4S/c21-16(22)9-8-13(12-5-2-1-3-6-12)20-17(23)15-11-19-18(25-15)14-7-4-10-24-14/h1-3,5-6,11,13-14H,4,7-10H2,(H,20,23)(H,21,22). The molecule has 1 aliphatic heterocycles. The summed E-state index contributed by atoms with van der Waals surface area (Å²) >= 11 is 1.34. The van der Waals surface area contributed by atoms with E-state index in [0.717, 1.165) is 30.0 Å². The minimum atomic E-state index is -0.881. The second kappa shape index (κ2) is 8.22. The smallest absolute Gasteiger partial charge is 0.303 e. The van der Waals surface area contributed by atoms with E-state index in [0.29, 0.717) is 11.3 Å². The molecule has 1 aliphatic rings. The summed E-state index contributed by atoms with van der Waals surface area (Å²) in [6.07, 6.45) is 3.82. The Balaban J connectivity index is 1.70. The number of amides is 1. The normalized spacial score (nSPS) is 18.0. The fourth-order valence-electron chi connectivity index (χ4n) is 2.82. The molecule has 0 saturated carbocycles. The van der Waals surface area contributed by atoms with Gasteiger partial charge in [-0.25, -0.2) is 4.98 Å². The van der Waals surface area contributed by atoms with Crippen LogP contribution >= 0.6 is 11.3 Å². The van der Waals surface area contributed by atoms with E-state index in [2.05, 4.69) is 10.3 Å². The van der Waals surface area contributed by atoms with Crippen molar-refractivity contribution < 1.29 is 19.4 Å². The number of benzene rings is 1. The lowest BCUT2D eigenvalue weighted by atomic mass is 10.0. The van der Waals surface area contributed by atoms with Crippen molar-refractivity contribution >= 4 is 23.2 Å². The molecule has 1 saturated heterocycles. The van der Waals surface area contributed by atoms with Gasteiger partial charge >= 0.3 is 5.97 Å². The summed E-state index contributed by atoms with van der Waals surface area (Å²) in [6, 6.07) is 9.05. The topological polar surface area (TPSA) is 88.5 Å². The van der Waals surface area contributed by atoms with Crippen LogP contribution in [-0.4, -0.2) is 28.6 Å². The third kappa shape index (κ3) is 4.64. The second-order valence-electron chi connectivity index (χ2n) is 5.93. The van der Waals surface area contributed by atoms with Crippen LogP contribution in [0.15, 0.2) is 36.5 Å². The molecule has 3 rings (SSSR count). The molecule has 1 aromatic carbocycles. The van der Waals surface area contributed by atoms with Crippen molar-refractivity contribution in [2.75, 3.05) is 6.61 Å². The number of aliphatic carboxylic acids is 1. The van der Waals surface area contributed by atoms with Gasteiger partial charge in [-0.05, 0) is 24.8 Å². The Labute approximate surface area is 149 Å². The first kappa shape index (κ1) is 17.6. The van der Waals surface area contributed by atoms with Gasteiger partial charge in [-0.1, -0.05) is 30.3 Å². The van der Waals surface area contributed by atoms with Crippen molar-refractivity contribution in [2.24, 2.45) is 0 Å². The summed E-state index contributed by atoms with van der Waals surface area (Å²) in [6.45, 7) is 0.733. The summed E-state index contributed by atoms with van der Waals surface area (Å²) in [7, 11) is 0.